The van der Waals surface area contributed by atoms with Crippen LogP contribution in [0.1, 0.15) is 59.8 Å². The number of hydrogen-bond donors (Lipinski definition) is 3. The lowest BCUT2D eigenvalue weighted by molar-refractivity contribution is -0.143. The molecule has 0 aromatic heterocycles. The number of ether oxygens (including phenoxy) is 1. The van der Waals surface area contributed by atoms with Crippen LogP contribution in [0, 0.1) is 0 Å². The van der Waals surface area contributed by atoms with Crippen molar-refractivity contribution in [3.63, 3.8) is 0 Å². The Morgan fingerprint density at radius 3 is 2.43 bits per heavy atom. The van der Waals surface area contributed by atoms with Gasteiger partial charge in [0.2, 0.25) is 0 Å². The van der Waals surface area contributed by atoms with E-state index in [0.717, 1.165) is 25.7 Å². The monoisotopic (exact) mass is 300 g/mol. The van der Waals surface area contributed by atoms with Crippen molar-refractivity contribution >= 4 is 12.0 Å². The van der Waals surface area contributed by atoms with Crippen LogP contribution in [0.3, 0.4) is 0 Å². The van der Waals surface area contributed by atoms with Gasteiger partial charge in [0.15, 0.2) is 0 Å². The second kappa shape index (κ2) is 7.11. The van der Waals surface area contributed by atoms with E-state index in [1.54, 1.807) is 6.92 Å². The van der Waals surface area contributed by atoms with E-state index in [0.29, 0.717) is 13.0 Å². The van der Waals surface area contributed by atoms with Gasteiger partial charge >= 0.3 is 12.0 Å². The molecule has 2 atom stereocenters. The van der Waals surface area contributed by atoms with E-state index in [1.807, 2.05) is 0 Å². The molecule has 0 aromatic carbocycles. The van der Waals surface area contributed by atoms with Crippen LogP contribution in [-0.4, -0.2) is 40.9 Å². The van der Waals surface area contributed by atoms with Crippen molar-refractivity contribution in [3.8, 4) is 0 Å². The topological polar surface area (TPSA) is 87.7 Å². The first kappa shape index (κ1) is 17.8. The Bertz CT molecular complexity index is 382. The molecule has 0 saturated carbocycles. The maximum atomic E-state index is 12.1. The van der Waals surface area contributed by atoms with Crippen molar-refractivity contribution in [2.24, 2.45) is 0 Å². The van der Waals surface area contributed by atoms with Crippen LogP contribution in [0.2, 0.25) is 0 Å². The van der Waals surface area contributed by atoms with Gasteiger partial charge in [-0.3, -0.25) is 0 Å². The zero-order valence-corrected chi connectivity index (χ0v) is 13.5. The Morgan fingerprint density at radius 2 is 1.95 bits per heavy atom. The molecule has 1 fully saturated rings. The number of aliphatic carboxylic acids is 1. The molecule has 1 aliphatic rings. The summed E-state index contributed by atoms with van der Waals surface area (Å²) in [7, 11) is 0. The fraction of sp³-hybridized carbons (Fsp3) is 0.867. The highest BCUT2D eigenvalue weighted by atomic mass is 16.5. The fourth-order valence-corrected chi connectivity index (χ4v) is 2.66. The van der Waals surface area contributed by atoms with E-state index in [4.69, 9.17) is 4.74 Å². The summed E-state index contributed by atoms with van der Waals surface area (Å²) in [4.78, 5) is 23.3. The number of carboxylic acids is 1. The molecule has 2 amide bonds. The van der Waals surface area contributed by atoms with Crippen LogP contribution >= 0.6 is 0 Å². The highest BCUT2D eigenvalue weighted by Gasteiger charge is 2.37. The first-order valence-electron chi connectivity index (χ1n) is 7.77. The van der Waals surface area contributed by atoms with Crippen molar-refractivity contribution in [1.82, 2.24) is 10.6 Å². The lowest BCUT2D eigenvalue weighted by Gasteiger charge is -2.40. The fourth-order valence-electron chi connectivity index (χ4n) is 2.66. The molecule has 6 nitrogen and oxygen atoms in total. The Kier molecular flexibility index (Phi) is 6.01. The van der Waals surface area contributed by atoms with Crippen LogP contribution < -0.4 is 10.6 Å². The molecule has 21 heavy (non-hydrogen) atoms. The SMILES string of the molecule is CCC1(CC)CC(NC(=O)NC(C)(CC)C(=O)O)CCO1. The Balaban J connectivity index is 2.60. The van der Waals surface area contributed by atoms with Gasteiger partial charge in [0.25, 0.3) is 0 Å². The molecule has 0 bridgehead atoms. The molecule has 1 rings (SSSR count). The summed E-state index contributed by atoms with van der Waals surface area (Å²) in [5, 5.41) is 14.6. The molecule has 1 saturated heterocycles. The molecule has 2 unspecified atom stereocenters. The van der Waals surface area contributed by atoms with Crippen molar-refractivity contribution < 1.29 is 19.4 Å². The maximum absolute atomic E-state index is 12.1. The van der Waals surface area contributed by atoms with Gasteiger partial charge in [-0.25, -0.2) is 9.59 Å². The minimum atomic E-state index is -1.23. The molecule has 1 aliphatic heterocycles. The van der Waals surface area contributed by atoms with Gasteiger partial charge in [-0.15, -0.1) is 0 Å². The van der Waals surface area contributed by atoms with Crippen molar-refractivity contribution in [3.05, 3.63) is 0 Å². The number of carboxylic acid groups (broad SMARTS) is 1. The number of carbonyl (C=O) groups is 2. The van der Waals surface area contributed by atoms with E-state index in [2.05, 4.69) is 24.5 Å². The van der Waals surface area contributed by atoms with Crippen molar-refractivity contribution in [1.29, 1.82) is 0 Å². The summed E-state index contributed by atoms with van der Waals surface area (Å²) >= 11 is 0. The molecule has 0 aliphatic carbocycles. The lowest BCUT2D eigenvalue weighted by Crippen LogP contribution is -2.58. The standard InChI is InChI=1S/C15H28N2O4/c1-5-14(4,12(18)19)17-13(20)16-11-8-9-21-15(6-2,7-3)10-11/h11H,5-10H2,1-4H3,(H,18,19)(H2,16,17,20). The number of nitrogens with one attached hydrogen (secondary N) is 2. The van der Waals surface area contributed by atoms with Gasteiger partial charge < -0.3 is 20.5 Å². The number of rotatable bonds is 6. The van der Waals surface area contributed by atoms with Crippen LogP contribution in [-0.2, 0) is 9.53 Å². The second-order valence-electron chi connectivity index (χ2n) is 6.02. The summed E-state index contributed by atoms with van der Waals surface area (Å²) in [5.74, 6) is -1.02. The van der Waals surface area contributed by atoms with Crippen molar-refractivity contribution in [2.45, 2.75) is 77.0 Å². The van der Waals surface area contributed by atoms with Crippen LogP contribution in [0.15, 0.2) is 0 Å². The normalized spacial score (nSPS) is 23.9. The van der Waals surface area contributed by atoms with Gasteiger partial charge in [0.05, 0.1) is 5.60 Å². The lowest BCUT2D eigenvalue weighted by atomic mass is 9.86. The van der Waals surface area contributed by atoms with E-state index >= 15 is 0 Å². The molecule has 0 radical (unpaired) electrons. The molecule has 6 heteroatoms. The summed E-state index contributed by atoms with van der Waals surface area (Å²) in [6.07, 6.45) is 3.67. The Labute approximate surface area is 126 Å². The molecule has 122 valence electrons. The number of carbonyl (C=O) groups excluding carboxylic acids is 1. The third-order valence-electron chi connectivity index (χ3n) is 4.69. The predicted octanol–water partition coefficient (Wildman–Crippen LogP) is 2.28. The van der Waals surface area contributed by atoms with E-state index < -0.39 is 17.5 Å². The van der Waals surface area contributed by atoms with Gasteiger partial charge in [-0.05, 0) is 39.0 Å². The smallest absolute Gasteiger partial charge is 0.329 e. The average Bonchev–Trinajstić information content (AvgIpc) is 2.46. The summed E-state index contributed by atoms with van der Waals surface area (Å²) in [5.41, 5.74) is -1.40. The zero-order chi connectivity index (χ0) is 16.1. The van der Waals surface area contributed by atoms with Crippen LogP contribution in [0.5, 0.6) is 0 Å². The molecule has 0 spiro atoms. The van der Waals surface area contributed by atoms with E-state index in [-0.39, 0.29) is 11.6 Å². The third kappa shape index (κ3) is 4.33. The first-order chi connectivity index (χ1) is 9.80. The van der Waals surface area contributed by atoms with Crippen LogP contribution in [0.4, 0.5) is 4.79 Å². The molecule has 0 aromatic rings. The molecular weight excluding hydrogens is 272 g/mol. The number of hydrogen-bond acceptors (Lipinski definition) is 3. The van der Waals surface area contributed by atoms with Crippen LogP contribution in [0.25, 0.3) is 0 Å². The first-order valence-corrected chi connectivity index (χ1v) is 7.77. The zero-order valence-electron chi connectivity index (χ0n) is 13.5. The quantitative estimate of drug-likeness (QED) is 0.702. The van der Waals surface area contributed by atoms with E-state index in [1.165, 1.54) is 6.92 Å². The highest BCUT2D eigenvalue weighted by molar-refractivity contribution is 5.85. The Morgan fingerprint density at radius 1 is 1.33 bits per heavy atom. The average molecular weight is 300 g/mol. The predicted molar refractivity (Wildman–Crippen MR) is 80.3 cm³/mol. The Hall–Kier alpha value is -1.30. The molecular formula is C15H28N2O4. The van der Waals surface area contributed by atoms with Gasteiger partial charge in [0.1, 0.15) is 5.54 Å². The third-order valence-corrected chi connectivity index (χ3v) is 4.69. The maximum Gasteiger partial charge on any atom is 0.329 e. The summed E-state index contributed by atoms with van der Waals surface area (Å²) < 4.78 is 5.87. The van der Waals surface area contributed by atoms with Crippen molar-refractivity contribution in [2.75, 3.05) is 6.61 Å². The molecule has 1 heterocycles. The largest absolute Gasteiger partial charge is 0.480 e. The van der Waals surface area contributed by atoms with Gasteiger partial charge in [-0.1, -0.05) is 20.8 Å². The minimum Gasteiger partial charge on any atom is -0.480 e. The molecule has 3 N–H and O–H groups in total. The number of amides is 2. The number of urea groups is 1. The van der Waals surface area contributed by atoms with E-state index in [9.17, 15) is 14.7 Å². The highest BCUT2D eigenvalue weighted by Crippen LogP contribution is 2.31. The second-order valence-corrected chi connectivity index (χ2v) is 6.02. The minimum absolute atomic E-state index is 0.0218. The summed E-state index contributed by atoms with van der Waals surface area (Å²) in [6, 6.07) is -0.400. The summed E-state index contributed by atoms with van der Waals surface area (Å²) in [6.45, 7) is 8.05. The van der Waals surface area contributed by atoms with Gasteiger partial charge in [0, 0.05) is 12.6 Å². The van der Waals surface area contributed by atoms with Gasteiger partial charge in [-0.2, -0.15) is 0 Å².